The van der Waals surface area contributed by atoms with Gasteiger partial charge in [-0.3, -0.25) is 0 Å². The third-order valence-electron chi connectivity index (χ3n) is 2.03. The Morgan fingerprint density at radius 3 is 2.86 bits per heavy atom. The average molecular weight is 190 g/mol. The molecule has 1 rings (SSSR count). The maximum Gasteiger partial charge on any atom is 0.0991 e. The quantitative estimate of drug-likeness (QED) is 0.741. The first kappa shape index (κ1) is 10.7. The second-order valence-electron chi connectivity index (χ2n) is 3.80. The largest absolute Gasteiger partial charge is 0.394 e. The van der Waals surface area contributed by atoms with Gasteiger partial charge in [0.1, 0.15) is 0 Å². The molecule has 74 valence electrons. The number of nitrogens with two attached hydrogens (primary N) is 1. The molecule has 0 saturated heterocycles. The van der Waals surface area contributed by atoms with E-state index in [9.17, 15) is 0 Å². The van der Waals surface area contributed by atoms with Gasteiger partial charge in [0.15, 0.2) is 0 Å². The van der Waals surface area contributed by atoms with Gasteiger partial charge >= 0.3 is 0 Å². The highest BCUT2D eigenvalue weighted by molar-refractivity contribution is 5.33. The Bertz CT molecular complexity index is 353. The minimum Gasteiger partial charge on any atom is -0.394 e. The molecule has 0 aliphatic heterocycles. The summed E-state index contributed by atoms with van der Waals surface area (Å²) in [7, 11) is 0. The molecule has 3 nitrogen and oxygen atoms in total. The maximum atomic E-state index is 8.99. The Balaban J connectivity index is 2.83. The molecule has 0 heterocycles. The monoisotopic (exact) mass is 190 g/mol. The summed E-state index contributed by atoms with van der Waals surface area (Å²) in [5.41, 5.74) is 6.79. The molecular formula is C11H14N2O. The van der Waals surface area contributed by atoms with Gasteiger partial charge in [0.25, 0.3) is 0 Å². The highest BCUT2D eigenvalue weighted by atomic mass is 16.3. The van der Waals surface area contributed by atoms with Gasteiger partial charge in [0, 0.05) is 5.54 Å². The topological polar surface area (TPSA) is 70.0 Å². The summed E-state index contributed by atoms with van der Waals surface area (Å²) in [6.07, 6.45) is 0.568. The molecule has 0 saturated carbocycles. The van der Waals surface area contributed by atoms with Crippen LogP contribution in [0.3, 0.4) is 0 Å². The zero-order valence-electron chi connectivity index (χ0n) is 8.20. The van der Waals surface area contributed by atoms with Crippen LogP contribution >= 0.6 is 0 Å². The molecule has 0 aliphatic rings. The molecule has 0 radical (unpaired) electrons. The third-order valence-corrected chi connectivity index (χ3v) is 2.03. The molecule has 3 N–H and O–H groups in total. The van der Waals surface area contributed by atoms with E-state index in [1.807, 2.05) is 12.1 Å². The lowest BCUT2D eigenvalue weighted by Crippen LogP contribution is -2.42. The van der Waals surface area contributed by atoms with Crippen LogP contribution in [0.1, 0.15) is 18.1 Å². The van der Waals surface area contributed by atoms with E-state index in [0.717, 1.165) is 5.56 Å². The minimum atomic E-state index is -0.617. The zero-order chi connectivity index (χ0) is 10.6. The molecule has 1 atom stereocenters. The van der Waals surface area contributed by atoms with Crippen LogP contribution in [-0.2, 0) is 6.42 Å². The summed E-state index contributed by atoms with van der Waals surface area (Å²) in [4.78, 5) is 0. The fraction of sp³-hybridized carbons (Fsp3) is 0.364. The summed E-state index contributed by atoms with van der Waals surface area (Å²) in [6.45, 7) is 1.72. The lowest BCUT2D eigenvalue weighted by atomic mass is 9.94. The maximum absolute atomic E-state index is 8.99. The molecule has 3 heteroatoms. The molecule has 0 aromatic heterocycles. The van der Waals surface area contributed by atoms with Crippen molar-refractivity contribution in [2.45, 2.75) is 18.9 Å². The van der Waals surface area contributed by atoms with Gasteiger partial charge in [-0.05, 0) is 31.0 Å². The molecule has 1 unspecified atom stereocenters. The lowest BCUT2D eigenvalue weighted by Gasteiger charge is -2.21. The van der Waals surface area contributed by atoms with E-state index in [4.69, 9.17) is 16.1 Å². The van der Waals surface area contributed by atoms with Crippen LogP contribution in [-0.4, -0.2) is 17.3 Å². The number of rotatable bonds is 3. The van der Waals surface area contributed by atoms with Crippen LogP contribution in [0.4, 0.5) is 0 Å². The molecule has 0 bridgehead atoms. The van der Waals surface area contributed by atoms with Crippen LogP contribution in [0.15, 0.2) is 24.3 Å². The van der Waals surface area contributed by atoms with Crippen LogP contribution in [0.2, 0.25) is 0 Å². The molecular weight excluding hydrogens is 176 g/mol. The van der Waals surface area contributed by atoms with Crippen molar-refractivity contribution in [3.05, 3.63) is 35.4 Å². The summed E-state index contributed by atoms with van der Waals surface area (Å²) in [5.74, 6) is 0. The van der Waals surface area contributed by atoms with Crippen molar-refractivity contribution in [3.63, 3.8) is 0 Å². The van der Waals surface area contributed by atoms with Crippen molar-refractivity contribution >= 4 is 0 Å². The van der Waals surface area contributed by atoms with Crippen LogP contribution in [0, 0.1) is 11.3 Å². The predicted molar refractivity (Wildman–Crippen MR) is 54.5 cm³/mol. The second-order valence-corrected chi connectivity index (χ2v) is 3.80. The average Bonchev–Trinajstić information content (AvgIpc) is 2.17. The van der Waals surface area contributed by atoms with E-state index >= 15 is 0 Å². The van der Waals surface area contributed by atoms with Crippen LogP contribution in [0.5, 0.6) is 0 Å². The van der Waals surface area contributed by atoms with E-state index in [1.165, 1.54) is 0 Å². The number of nitrogens with zero attached hydrogens (tertiary/aromatic N) is 1. The van der Waals surface area contributed by atoms with Gasteiger partial charge in [-0.25, -0.2) is 0 Å². The number of aliphatic hydroxyl groups is 1. The number of hydrogen-bond acceptors (Lipinski definition) is 3. The number of benzene rings is 1. The lowest BCUT2D eigenvalue weighted by molar-refractivity contribution is 0.208. The second kappa shape index (κ2) is 4.23. The summed E-state index contributed by atoms with van der Waals surface area (Å²) >= 11 is 0. The minimum absolute atomic E-state index is 0.0657. The normalized spacial score (nSPS) is 14.4. The van der Waals surface area contributed by atoms with E-state index in [-0.39, 0.29) is 6.61 Å². The van der Waals surface area contributed by atoms with Gasteiger partial charge in [-0.1, -0.05) is 12.1 Å². The Morgan fingerprint density at radius 1 is 1.57 bits per heavy atom. The molecule has 1 aromatic rings. The van der Waals surface area contributed by atoms with Gasteiger partial charge < -0.3 is 10.8 Å². The standard InChI is InChI=1S/C11H14N2O/c1-11(13,8-14)6-9-3-2-4-10(5-9)7-12/h2-5,14H,6,8,13H2,1H3. The third kappa shape index (κ3) is 2.84. The first-order valence-electron chi connectivity index (χ1n) is 4.46. The SMILES string of the molecule is CC(N)(CO)Cc1cccc(C#N)c1. The van der Waals surface area contributed by atoms with Crippen molar-refractivity contribution in [2.24, 2.45) is 5.73 Å². The number of aliphatic hydroxyl groups excluding tert-OH is 1. The Morgan fingerprint density at radius 2 is 2.29 bits per heavy atom. The molecule has 0 fully saturated rings. The summed E-state index contributed by atoms with van der Waals surface area (Å²) in [6, 6.07) is 9.33. The van der Waals surface area contributed by atoms with Gasteiger partial charge in [0.05, 0.1) is 18.2 Å². The highest BCUT2D eigenvalue weighted by Crippen LogP contribution is 2.11. The van der Waals surface area contributed by atoms with Gasteiger partial charge in [0.2, 0.25) is 0 Å². The van der Waals surface area contributed by atoms with Crippen LogP contribution in [0.25, 0.3) is 0 Å². The molecule has 1 aromatic carbocycles. The first-order chi connectivity index (χ1) is 6.57. The zero-order valence-corrected chi connectivity index (χ0v) is 8.20. The summed E-state index contributed by atoms with van der Waals surface area (Å²) in [5, 5.41) is 17.7. The molecule has 14 heavy (non-hydrogen) atoms. The van der Waals surface area contributed by atoms with Crippen molar-refractivity contribution in [2.75, 3.05) is 6.61 Å². The fourth-order valence-electron chi connectivity index (χ4n) is 1.27. The van der Waals surface area contributed by atoms with Crippen molar-refractivity contribution in [1.82, 2.24) is 0 Å². The van der Waals surface area contributed by atoms with E-state index in [0.29, 0.717) is 12.0 Å². The Kier molecular flexibility index (Phi) is 3.23. The number of hydrogen-bond donors (Lipinski definition) is 2. The van der Waals surface area contributed by atoms with Crippen molar-refractivity contribution in [3.8, 4) is 6.07 Å². The Hall–Kier alpha value is -1.37. The van der Waals surface area contributed by atoms with E-state index in [2.05, 4.69) is 6.07 Å². The van der Waals surface area contributed by atoms with Gasteiger partial charge in [-0.2, -0.15) is 5.26 Å². The molecule has 0 amide bonds. The van der Waals surface area contributed by atoms with Crippen molar-refractivity contribution < 1.29 is 5.11 Å². The Labute approximate surface area is 83.8 Å². The highest BCUT2D eigenvalue weighted by Gasteiger charge is 2.17. The number of nitriles is 1. The summed E-state index contributed by atoms with van der Waals surface area (Å²) < 4.78 is 0. The predicted octanol–water partition coefficient (Wildman–Crippen LogP) is 0.810. The van der Waals surface area contributed by atoms with Gasteiger partial charge in [-0.15, -0.1) is 0 Å². The fourth-order valence-corrected chi connectivity index (χ4v) is 1.27. The van der Waals surface area contributed by atoms with E-state index < -0.39 is 5.54 Å². The molecule has 0 aliphatic carbocycles. The first-order valence-corrected chi connectivity index (χ1v) is 4.46. The van der Waals surface area contributed by atoms with E-state index in [1.54, 1.807) is 19.1 Å². The van der Waals surface area contributed by atoms with Crippen LogP contribution < -0.4 is 5.73 Å². The smallest absolute Gasteiger partial charge is 0.0991 e. The van der Waals surface area contributed by atoms with Crippen molar-refractivity contribution in [1.29, 1.82) is 5.26 Å². The molecule has 0 spiro atoms.